The second-order valence-corrected chi connectivity index (χ2v) is 6.00. The van der Waals surface area contributed by atoms with Gasteiger partial charge in [0.05, 0.1) is 31.7 Å². The van der Waals surface area contributed by atoms with E-state index in [9.17, 15) is 9.59 Å². The van der Waals surface area contributed by atoms with E-state index in [4.69, 9.17) is 5.26 Å². The highest BCUT2D eigenvalue weighted by atomic mass is 16.5. The lowest BCUT2D eigenvalue weighted by Crippen LogP contribution is -2.23. The number of carbonyl (C=O) groups is 2. The van der Waals surface area contributed by atoms with Gasteiger partial charge in [0.25, 0.3) is 5.91 Å². The molecule has 0 aliphatic rings. The summed E-state index contributed by atoms with van der Waals surface area (Å²) in [5, 5.41) is 16.0. The molecule has 0 saturated carbocycles. The molecule has 27 heavy (non-hydrogen) atoms. The van der Waals surface area contributed by atoms with E-state index < -0.39 is 5.97 Å². The van der Waals surface area contributed by atoms with E-state index in [0.717, 1.165) is 16.7 Å². The van der Waals surface area contributed by atoms with Crippen molar-refractivity contribution in [1.29, 1.82) is 5.26 Å². The largest absolute Gasteiger partial charge is 0.466 e. The molecule has 0 atom stereocenters. The van der Waals surface area contributed by atoms with Gasteiger partial charge in [0.15, 0.2) is 0 Å². The Labute approximate surface area is 158 Å². The third-order valence-electron chi connectivity index (χ3n) is 4.07. The van der Waals surface area contributed by atoms with Crippen LogP contribution in [0.1, 0.15) is 27.9 Å². The number of benzene rings is 1. The number of nitriles is 1. The van der Waals surface area contributed by atoms with Crippen molar-refractivity contribution < 1.29 is 14.3 Å². The molecule has 0 bridgehead atoms. The number of ether oxygens (including phenoxy) is 1. The van der Waals surface area contributed by atoms with Crippen molar-refractivity contribution in [2.75, 3.05) is 13.7 Å². The molecule has 1 N–H and O–H groups in total. The maximum Gasteiger partial charge on any atom is 0.330 e. The zero-order valence-corrected chi connectivity index (χ0v) is 15.7. The van der Waals surface area contributed by atoms with E-state index in [1.54, 1.807) is 10.9 Å². The van der Waals surface area contributed by atoms with Gasteiger partial charge in [-0.2, -0.15) is 10.4 Å². The average Bonchev–Trinajstić information content (AvgIpc) is 3.09. The molecule has 0 aliphatic carbocycles. The normalized spacial score (nSPS) is 10.6. The summed E-state index contributed by atoms with van der Waals surface area (Å²) in [7, 11) is 1.29. The topological polar surface area (TPSA) is 97.0 Å². The minimum Gasteiger partial charge on any atom is -0.466 e. The second-order valence-electron chi connectivity index (χ2n) is 6.00. The summed E-state index contributed by atoms with van der Waals surface area (Å²) < 4.78 is 6.11. The summed E-state index contributed by atoms with van der Waals surface area (Å²) in [5.74, 6) is -0.787. The molecule has 0 spiro atoms. The van der Waals surface area contributed by atoms with E-state index in [1.165, 1.54) is 19.3 Å². The van der Waals surface area contributed by atoms with Gasteiger partial charge in [-0.05, 0) is 31.0 Å². The number of aryl methyl sites for hydroxylation is 3. The van der Waals surface area contributed by atoms with Crippen LogP contribution in [0.5, 0.6) is 0 Å². The average molecular weight is 366 g/mol. The molecule has 1 amide bonds. The third-order valence-corrected chi connectivity index (χ3v) is 4.07. The smallest absolute Gasteiger partial charge is 0.330 e. The molecule has 2 rings (SSSR count). The number of carbonyl (C=O) groups excluding carboxylic acids is 2. The van der Waals surface area contributed by atoms with Crippen LogP contribution in [-0.2, 0) is 16.1 Å². The molecule has 0 saturated heterocycles. The fraction of sp³-hybridized carbons (Fsp3) is 0.300. The molecule has 2 aromatic rings. The van der Waals surface area contributed by atoms with E-state index in [-0.39, 0.29) is 12.5 Å². The predicted molar refractivity (Wildman–Crippen MR) is 101 cm³/mol. The SMILES string of the molecule is COC(=O)/C=C/CNC(=O)c1cn(CCC#N)nc1-c1ccc(C)c(C)c1. The number of nitrogens with one attached hydrogen (secondary N) is 1. The number of amides is 1. The number of nitrogens with zero attached hydrogens (tertiary/aromatic N) is 3. The van der Waals surface area contributed by atoms with Gasteiger partial charge in [-0.15, -0.1) is 0 Å². The van der Waals surface area contributed by atoms with Crippen LogP contribution >= 0.6 is 0 Å². The van der Waals surface area contributed by atoms with Crippen molar-refractivity contribution in [3.63, 3.8) is 0 Å². The molecule has 1 aromatic heterocycles. The van der Waals surface area contributed by atoms with Crippen LogP contribution in [0.25, 0.3) is 11.3 Å². The summed E-state index contributed by atoms with van der Waals surface area (Å²) in [5.41, 5.74) is 4.07. The monoisotopic (exact) mass is 366 g/mol. The molecular weight excluding hydrogens is 344 g/mol. The van der Waals surface area contributed by atoms with Crippen LogP contribution in [0.2, 0.25) is 0 Å². The third kappa shape index (κ3) is 5.28. The number of hydrogen-bond acceptors (Lipinski definition) is 5. The molecule has 0 unspecified atom stereocenters. The Bertz CT molecular complexity index is 906. The number of aromatic nitrogens is 2. The van der Waals surface area contributed by atoms with Crippen molar-refractivity contribution in [3.8, 4) is 17.3 Å². The minimum absolute atomic E-state index is 0.184. The van der Waals surface area contributed by atoms with Gasteiger partial charge >= 0.3 is 5.97 Å². The van der Waals surface area contributed by atoms with Crippen LogP contribution in [0, 0.1) is 25.2 Å². The first-order valence-corrected chi connectivity index (χ1v) is 8.51. The number of methoxy groups -OCH3 is 1. The molecule has 7 heteroatoms. The Balaban J connectivity index is 2.27. The highest BCUT2D eigenvalue weighted by Crippen LogP contribution is 2.24. The van der Waals surface area contributed by atoms with Crippen molar-refractivity contribution in [2.45, 2.75) is 26.8 Å². The predicted octanol–water partition coefficient (Wildman–Crippen LogP) is 2.54. The van der Waals surface area contributed by atoms with E-state index in [2.05, 4.69) is 21.2 Å². The molecule has 1 aromatic carbocycles. The van der Waals surface area contributed by atoms with Crippen LogP contribution in [0.4, 0.5) is 0 Å². The summed E-state index contributed by atoms with van der Waals surface area (Å²) in [6, 6.07) is 7.97. The second kappa shape index (κ2) is 9.34. The molecule has 0 aliphatic heterocycles. The quantitative estimate of drug-likeness (QED) is 0.600. The van der Waals surface area contributed by atoms with E-state index in [0.29, 0.717) is 24.2 Å². The van der Waals surface area contributed by atoms with Crippen LogP contribution in [0.15, 0.2) is 36.5 Å². The van der Waals surface area contributed by atoms with Gasteiger partial charge < -0.3 is 10.1 Å². The Morgan fingerprint density at radius 1 is 1.33 bits per heavy atom. The van der Waals surface area contributed by atoms with Crippen molar-refractivity contribution in [2.24, 2.45) is 0 Å². The molecule has 0 fully saturated rings. The Hall–Kier alpha value is -3.40. The van der Waals surface area contributed by atoms with Crippen molar-refractivity contribution in [1.82, 2.24) is 15.1 Å². The maximum atomic E-state index is 12.6. The van der Waals surface area contributed by atoms with E-state index >= 15 is 0 Å². The van der Waals surface area contributed by atoms with Crippen molar-refractivity contribution in [3.05, 3.63) is 53.2 Å². The van der Waals surface area contributed by atoms with Crippen LogP contribution in [-0.4, -0.2) is 35.3 Å². The fourth-order valence-electron chi connectivity index (χ4n) is 2.44. The van der Waals surface area contributed by atoms with Gasteiger partial charge in [-0.1, -0.05) is 18.2 Å². The first-order chi connectivity index (χ1) is 13.0. The Morgan fingerprint density at radius 2 is 2.11 bits per heavy atom. The lowest BCUT2D eigenvalue weighted by molar-refractivity contribution is -0.134. The molecule has 0 radical (unpaired) electrons. The number of esters is 1. The lowest BCUT2D eigenvalue weighted by Gasteiger charge is -2.06. The first kappa shape index (κ1) is 19.9. The highest BCUT2D eigenvalue weighted by Gasteiger charge is 2.18. The first-order valence-electron chi connectivity index (χ1n) is 8.51. The van der Waals surface area contributed by atoms with Crippen molar-refractivity contribution >= 4 is 11.9 Å². The lowest BCUT2D eigenvalue weighted by atomic mass is 10.0. The van der Waals surface area contributed by atoms with E-state index in [1.807, 2.05) is 32.0 Å². The number of hydrogen-bond donors (Lipinski definition) is 1. The van der Waals surface area contributed by atoms with Crippen LogP contribution < -0.4 is 5.32 Å². The molecule has 140 valence electrons. The Kier molecular flexibility index (Phi) is 6.89. The summed E-state index contributed by atoms with van der Waals surface area (Å²) in [6.07, 6.45) is 4.71. The Morgan fingerprint density at radius 3 is 2.78 bits per heavy atom. The summed E-state index contributed by atoms with van der Waals surface area (Å²) >= 11 is 0. The van der Waals surface area contributed by atoms with Gasteiger partial charge in [0.1, 0.15) is 5.69 Å². The number of rotatable bonds is 7. The zero-order chi connectivity index (χ0) is 19.8. The maximum absolute atomic E-state index is 12.6. The minimum atomic E-state index is -0.482. The van der Waals surface area contributed by atoms with Crippen LogP contribution in [0.3, 0.4) is 0 Å². The summed E-state index contributed by atoms with van der Waals surface area (Å²) in [6.45, 7) is 4.61. The van der Waals surface area contributed by atoms with Gasteiger partial charge in [0, 0.05) is 24.4 Å². The highest BCUT2D eigenvalue weighted by molar-refractivity contribution is 6.00. The zero-order valence-electron chi connectivity index (χ0n) is 15.7. The molecular formula is C20H22N4O3. The standard InChI is InChI=1S/C20H22N4O3/c1-14-7-8-16(12-15(14)2)19-17(13-24(23-19)11-5-9-21)20(26)22-10-4-6-18(25)27-3/h4,6-8,12-13H,5,10-11H2,1-3H3,(H,22,26)/b6-4+. The molecule has 7 nitrogen and oxygen atoms in total. The van der Waals surface area contributed by atoms with Gasteiger partial charge in [-0.3, -0.25) is 9.48 Å². The molecule has 1 heterocycles. The van der Waals surface area contributed by atoms with Gasteiger partial charge in [-0.25, -0.2) is 4.79 Å². The van der Waals surface area contributed by atoms with Gasteiger partial charge in [0.2, 0.25) is 0 Å². The summed E-state index contributed by atoms with van der Waals surface area (Å²) in [4.78, 5) is 23.7. The fourth-order valence-corrected chi connectivity index (χ4v) is 2.44.